The fourth-order valence-corrected chi connectivity index (χ4v) is 7.67. The van der Waals surface area contributed by atoms with Gasteiger partial charge in [0.25, 0.3) is 0 Å². The maximum absolute atomic E-state index is 12.5. The number of nitrogens with one attached hydrogen (secondary N) is 1. The standard InChI is InChI=1S/C27H32N2O4S2/c1-3-17-4-6-21(30)14-22(31)7-5-19-13-25(33-2)24(32)12-20(19)10-18-11-23-26(35-34-16-17)8-9-28-27(23)29-15-18/h5,7,11-13,15,17,26,32H,3-4,6,8-10,14,16H2,1-2H3,(H,28,29)/b7-5+/t17-,26+/m0/s1. The summed E-state index contributed by atoms with van der Waals surface area (Å²) in [5, 5.41) is 14.2. The van der Waals surface area contributed by atoms with Crippen molar-refractivity contribution in [1.82, 2.24) is 4.98 Å². The molecule has 2 atom stereocenters. The summed E-state index contributed by atoms with van der Waals surface area (Å²) in [4.78, 5) is 29.7. The Morgan fingerprint density at radius 2 is 2.03 bits per heavy atom. The number of pyridine rings is 1. The normalized spacial score (nSPS) is 22.3. The summed E-state index contributed by atoms with van der Waals surface area (Å²) >= 11 is 0. The molecule has 2 aliphatic heterocycles. The van der Waals surface area contributed by atoms with Crippen LogP contribution < -0.4 is 10.1 Å². The predicted octanol–water partition coefficient (Wildman–Crippen LogP) is 5.99. The molecule has 0 amide bonds. The van der Waals surface area contributed by atoms with Crippen LogP contribution in [0.5, 0.6) is 11.5 Å². The summed E-state index contributed by atoms with van der Waals surface area (Å²) in [5.74, 6) is 2.55. The van der Waals surface area contributed by atoms with E-state index in [0.717, 1.165) is 54.1 Å². The molecule has 1 aromatic heterocycles. The number of fused-ring (bicyclic) bond motifs is 2. The molecule has 0 saturated heterocycles. The van der Waals surface area contributed by atoms with Gasteiger partial charge in [0.15, 0.2) is 17.3 Å². The number of Topliss-reactive ketones (excluding diaryl/α,β-unsaturated/α-hetero) is 1. The Kier molecular flexibility index (Phi) is 8.78. The molecule has 0 fully saturated rings. The van der Waals surface area contributed by atoms with Crippen molar-refractivity contribution in [3.05, 3.63) is 52.7 Å². The van der Waals surface area contributed by atoms with Gasteiger partial charge >= 0.3 is 0 Å². The lowest BCUT2D eigenvalue weighted by atomic mass is 9.96. The molecule has 0 saturated carbocycles. The molecular weight excluding hydrogens is 480 g/mol. The Bertz CT molecular complexity index is 1120. The van der Waals surface area contributed by atoms with Crippen LogP contribution >= 0.6 is 21.6 Å². The molecule has 1 aromatic carbocycles. The Hall–Kier alpha value is -2.45. The Morgan fingerprint density at radius 1 is 1.17 bits per heavy atom. The number of hydrogen-bond acceptors (Lipinski definition) is 8. The van der Waals surface area contributed by atoms with E-state index in [1.165, 1.54) is 18.7 Å². The number of phenols is 1. The van der Waals surface area contributed by atoms with Gasteiger partial charge in [0.1, 0.15) is 11.6 Å². The van der Waals surface area contributed by atoms with Gasteiger partial charge in [0.05, 0.1) is 13.5 Å². The number of hydrogen-bond donors (Lipinski definition) is 2. The first kappa shape index (κ1) is 25.6. The fourth-order valence-electron chi connectivity index (χ4n) is 4.43. The first-order valence-corrected chi connectivity index (χ1v) is 14.5. The quantitative estimate of drug-likeness (QED) is 0.375. The van der Waals surface area contributed by atoms with E-state index < -0.39 is 0 Å². The van der Waals surface area contributed by atoms with Crippen molar-refractivity contribution in [3.8, 4) is 11.5 Å². The zero-order chi connectivity index (χ0) is 24.8. The lowest BCUT2D eigenvalue weighted by molar-refractivity contribution is -0.124. The number of nitrogens with zero attached hydrogens (tertiary/aromatic N) is 1. The van der Waals surface area contributed by atoms with Crippen LogP contribution in [0.4, 0.5) is 5.82 Å². The summed E-state index contributed by atoms with van der Waals surface area (Å²) < 4.78 is 5.29. The van der Waals surface area contributed by atoms with Gasteiger partial charge in [-0.2, -0.15) is 0 Å². The molecule has 8 heteroatoms. The van der Waals surface area contributed by atoms with Crippen LogP contribution in [0.2, 0.25) is 0 Å². The van der Waals surface area contributed by atoms with Gasteiger partial charge in [-0.15, -0.1) is 0 Å². The molecule has 0 unspecified atom stereocenters. The largest absolute Gasteiger partial charge is 0.504 e. The van der Waals surface area contributed by atoms with E-state index in [1.54, 1.807) is 18.2 Å². The highest BCUT2D eigenvalue weighted by molar-refractivity contribution is 8.76. The Labute approximate surface area is 214 Å². The van der Waals surface area contributed by atoms with E-state index in [0.29, 0.717) is 29.8 Å². The summed E-state index contributed by atoms with van der Waals surface area (Å²) in [6.45, 7) is 3.07. The van der Waals surface area contributed by atoms with Crippen molar-refractivity contribution >= 4 is 45.0 Å². The molecule has 0 aliphatic carbocycles. The molecule has 2 aromatic rings. The number of rotatable bonds is 2. The average Bonchev–Trinajstić information content (AvgIpc) is 2.85. The number of aromatic nitrogens is 1. The van der Waals surface area contributed by atoms with Gasteiger partial charge in [0.2, 0.25) is 0 Å². The first-order chi connectivity index (χ1) is 17.0. The monoisotopic (exact) mass is 512 g/mol. The highest BCUT2D eigenvalue weighted by atomic mass is 33.1. The molecule has 186 valence electrons. The topological polar surface area (TPSA) is 88.5 Å². The van der Waals surface area contributed by atoms with Crippen molar-refractivity contribution in [2.45, 2.75) is 50.7 Å². The van der Waals surface area contributed by atoms with Gasteiger partial charge in [-0.05, 0) is 66.1 Å². The number of anilines is 1. The number of carbonyl (C=O) groups is 2. The van der Waals surface area contributed by atoms with Gasteiger partial charge < -0.3 is 15.2 Å². The molecule has 2 aliphatic rings. The van der Waals surface area contributed by atoms with E-state index in [1.807, 2.05) is 27.8 Å². The second kappa shape index (κ2) is 12.0. The summed E-state index contributed by atoms with van der Waals surface area (Å²) in [5.41, 5.74) is 3.87. The Morgan fingerprint density at radius 3 is 2.83 bits per heavy atom. The van der Waals surface area contributed by atoms with Crippen LogP contribution in [0.3, 0.4) is 0 Å². The molecule has 0 spiro atoms. The third kappa shape index (κ3) is 6.61. The number of phenolic OH excluding ortho intramolecular Hbond substituents is 1. The van der Waals surface area contributed by atoms with Crippen molar-refractivity contribution in [1.29, 1.82) is 0 Å². The van der Waals surface area contributed by atoms with E-state index in [2.05, 4.69) is 18.3 Å². The second-order valence-corrected chi connectivity index (χ2v) is 11.7. The fraction of sp³-hybridized carbons (Fsp3) is 0.444. The number of methoxy groups -OCH3 is 1. The predicted molar refractivity (Wildman–Crippen MR) is 144 cm³/mol. The van der Waals surface area contributed by atoms with E-state index in [9.17, 15) is 14.7 Å². The smallest absolute Gasteiger partial charge is 0.163 e. The van der Waals surface area contributed by atoms with Crippen LogP contribution in [-0.4, -0.2) is 41.1 Å². The summed E-state index contributed by atoms with van der Waals surface area (Å²) in [6, 6.07) is 5.62. The van der Waals surface area contributed by atoms with Crippen LogP contribution in [0.15, 0.2) is 30.5 Å². The molecule has 0 radical (unpaired) electrons. The van der Waals surface area contributed by atoms with E-state index in [4.69, 9.17) is 9.72 Å². The molecule has 6 nitrogen and oxygen atoms in total. The zero-order valence-electron chi connectivity index (χ0n) is 20.2. The van der Waals surface area contributed by atoms with Crippen LogP contribution in [0, 0.1) is 5.92 Å². The van der Waals surface area contributed by atoms with Crippen molar-refractivity contribution < 1.29 is 19.4 Å². The van der Waals surface area contributed by atoms with Crippen LogP contribution in [0.25, 0.3) is 6.08 Å². The van der Waals surface area contributed by atoms with Crippen molar-refractivity contribution in [2.24, 2.45) is 5.92 Å². The van der Waals surface area contributed by atoms with Gasteiger partial charge in [-0.3, -0.25) is 9.59 Å². The molecule has 4 rings (SSSR count). The number of aromatic hydroxyl groups is 1. The lowest BCUT2D eigenvalue weighted by Crippen LogP contribution is -2.16. The average molecular weight is 513 g/mol. The zero-order valence-corrected chi connectivity index (χ0v) is 21.8. The lowest BCUT2D eigenvalue weighted by Gasteiger charge is -2.26. The van der Waals surface area contributed by atoms with Crippen molar-refractivity contribution in [2.75, 3.05) is 24.7 Å². The SMILES string of the molecule is CC[C@H]1CCC(=O)CC(=O)/C=C/c2cc(OC)c(O)cc2Cc2cnc3c(c2)[C@@H](CCN3)SSC1. The minimum Gasteiger partial charge on any atom is -0.504 e. The molecule has 2 bridgehead atoms. The minimum atomic E-state index is -0.212. The molecule has 35 heavy (non-hydrogen) atoms. The molecule has 2 N–H and O–H groups in total. The minimum absolute atomic E-state index is 0.00979. The molecular formula is C27H32N2O4S2. The van der Waals surface area contributed by atoms with Crippen molar-refractivity contribution in [3.63, 3.8) is 0 Å². The summed E-state index contributed by atoms with van der Waals surface area (Å²) in [7, 11) is 5.27. The number of ketones is 2. The van der Waals surface area contributed by atoms with Gasteiger partial charge in [0, 0.05) is 35.7 Å². The number of ether oxygens (including phenoxy) is 1. The number of benzene rings is 1. The third-order valence-corrected chi connectivity index (χ3v) is 9.55. The maximum Gasteiger partial charge on any atom is 0.163 e. The highest BCUT2D eigenvalue weighted by Crippen LogP contribution is 2.46. The van der Waals surface area contributed by atoms with E-state index >= 15 is 0 Å². The first-order valence-electron chi connectivity index (χ1n) is 12.1. The van der Waals surface area contributed by atoms with E-state index in [-0.39, 0.29) is 23.7 Å². The third-order valence-electron chi connectivity index (χ3n) is 6.57. The second-order valence-electron chi connectivity index (χ2n) is 9.09. The Balaban J connectivity index is 1.70. The maximum atomic E-state index is 12.5. The van der Waals surface area contributed by atoms with Gasteiger partial charge in [-0.1, -0.05) is 41.0 Å². The molecule has 3 heterocycles. The van der Waals surface area contributed by atoms with Gasteiger partial charge in [-0.25, -0.2) is 4.98 Å². The van der Waals surface area contributed by atoms with Crippen LogP contribution in [0.1, 0.15) is 66.5 Å². The highest BCUT2D eigenvalue weighted by Gasteiger charge is 2.23. The van der Waals surface area contributed by atoms with Crippen LogP contribution in [-0.2, 0) is 16.0 Å². The number of carbonyl (C=O) groups excluding carboxylic acids is 2. The number of allylic oxidation sites excluding steroid dienone is 1. The summed E-state index contributed by atoms with van der Waals surface area (Å²) in [6.07, 6.45) is 8.82.